The van der Waals surface area contributed by atoms with E-state index < -0.39 is 5.82 Å². The number of aryl methyl sites for hydroxylation is 2. The smallest absolute Gasteiger partial charge is 0.166 e. The van der Waals surface area contributed by atoms with Gasteiger partial charge in [0.1, 0.15) is 0 Å². The molecule has 18 heavy (non-hydrogen) atoms. The van der Waals surface area contributed by atoms with Gasteiger partial charge in [0.05, 0.1) is 0 Å². The maximum absolute atomic E-state index is 13.1. The van der Waals surface area contributed by atoms with Crippen LogP contribution in [0.15, 0.2) is 36.4 Å². The van der Waals surface area contributed by atoms with Gasteiger partial charge in [0, 0.05) is 18.3 Å². The molecule has 2 aromatic rings. The largest absolute Gasteiger partial charge is 0.505 e. The first kappa shape index (κ1) is 12.4. The Hall–Kier alpha value is -2.03. The highest BCUT2D eigenvalue weighted by atomic mass is 19.1. The van der Waals surface area contributed by atoms with E-state index in [1.54, 1.807) is 6.07 Å². The van der Waals surface area contributed by atoms with Crippen LogP contribution in [0.4, 0.5) is 10.1 Å². The summed E-state index contributed by atoms with van der Waals surface area (Å²) in [6.07, 6.45) is 0. The quantitative estimate of drug-likeness (QED) is 0.807. The van der Waals surface area contributed by atoms with Gasteiger partial charge in [-0.3, -0.25) is 0 Å². The molecule has 0 radical (unpaired) electrons. The lowest BCUT2D eigenvalue weighted by molar-refractivity contribution is 0.432. The molecule has 0 saturated carbocycles. The molecule has 0 aliphatic heterocycles. The molecule has 3 heteroatoms. The van der Waals surface area contributed by atoms with Crippen LogP contribution in [0, 0.1) is 19.7 Å². The fraction of sp³-hybridized carbons (Fsp3) is 0.200. The summed E-state index contributed by atoms with van der Waals surface area (Å²) in [6, 6.07) is 10.5. The number of benzene rings is 2. The van der Waals surface area contributed by atoms with E-state index in [0.29, 0.717) is 12.2 Å². The number of nitrogens with one attached hydrogen (secondary N) is 1. The topological polar surface area (TPSA) is 32.3 Å². The van der Waals surface area contributed by atoms with Gasteiger partial charge in [0.2, 0.25) is 0 Å². The molecule has 0 atom stereocenters. The molecule has 0 amide bonds. The first-order valence-electron chi connectivity index (χ1n) is 5.85. The zero-order chi connectivity index (χ0) is 13.1. The number of rotatable bonds is 3. The molecule has 2 nitrogen and oxygen atoms in total. The fourth-order valence-corrected chi connectivity index (χ4v) is 1.73. The van der Waals surface area contributed by atoms with Gasteiger partial charge in [-0.25, -0.2) is 4.39 Å². The van der Waals surface area contributed by atoms with Crippen LogP contribution in [0.1, 0.15) is 16.7 Å². The van der Waals surface area contributed by atoms with Gasteiger partial charge in [-0.15, -0.1) is 0 Å². The minimum absolute atomic E-state index is 0.327. The first-order valence-corrected chi connectivity index (χ1v) is 5.85. The molecule has 0 heterocycles. The van der Waals surface area contributed by atoms with Crippen molar-refractivity contribution in [3.05, 3.63) is 58.9 Å². The number of halogens is 1. The van der Waals surface area contributed by atoms with E-state index >= 15 is 0 Å². The van der Waals surface area contributed by atoms with E-state index in [9.17, 15) is 4.39 Å². The molecule has 0 aliphatic rings. The van der Waals surface area contributed by atoms with Gasteiger partial charge >= 0.3 is 0 Å². The third-order valence-electron chi connectivity index (χ3n) is 3.02. The second kappa shape index (κ2) is 5.08. The number of phenols is 1. The van der Waals surface area contributed by atoms with Gasteiger partial charge in [-0.1, -0.05) is 18.2 Å². The summed E-state index contributed by atoms with van der Waals surface area (Å²) < 4.78 is 13.1. The lowest BCUT2D eigenvalue weighted by Crippen LogP contribution is -2.00. The van der Waals surface area contributed by atoms with Gasteiger partial charge in [0.25, 0.3) is 0 Å². The van der Waals surface area contributed by atoms with Crippen LogP contribution in [-0.4, -0.2) is 5.11 Å². The van der Waals surface area contributed by atoms with E-state index in [0.717, 1.165) is 5.56 Å². The van der Waals surface area contributed by atoms with Crippen LogP contribution in [0.25, 0.3) is 0 Å². The van der Waals surface area contributed by atoms with Crippen molar-refractivity contribution in [2.24, 2.45) is 0 Å². The minimum Gasteiger partial charge on any atom is -0.505 e. The van der Waals surface area contributed by atoms with E-state index in [2.05, 4.69) is 31.3 Å². The van der Waals surface area contributed by atoms with Gasteiger partial charge < -0.3 is 10.4 Å². The van der Waals surface area contributed by atoms with Crippen molar-refractivity contribution in [1.82, 2.24) is 0 Å². The lowest BCUT2D eigenvalue weighted by Gasteiger charge is -2.09. The predicted octanol–water partition coefficient (Wildman–Crippen LogP) is 3.76. The number of aromatic hydroxyl groups is 1. The Labute approximate surface area is 106 Å². The van der Waals surface area contributed by atoms with Crippen molar-refractivity contribution < 1.29 is 9.50 Å². The van der Waals surface area contributed by atoms with E-state index in [-0.39, 0.29) is 5.75 Å². The number of hydrogen-bond acceptors (Lipinski definition) is 2. The molecule has 0 saturated heterocycles. The SMILES string of the molecule is Cc1ccc(CNc2ccc(O)c(F)c2)cc1C. The molecule has 0 fully saturated rings. The maximum atomic E-state index is 13.1. The minimum atomic E-state index is -0.611. The van der Waals surface area contributed by atoms with Crippen LogP contribution in [-0.2, 0) is 6.54 Å². The monoisotopic (exact) mass is 245 g/mol. The number of hydrogen-bond donors (Lipinski definition) is 2. The van der Waals surface area contributed by atoms with E-state index in [1.165, 1.54) is 23.3 Å². The Kier molecular flexibility index (Phi) is 3.51. The Morgan fingerprint density at radius 3 is 2.50 bits per heavy atom. The highest BCUT2D eigenvalue weighted by Gasteiger charge is 2.02. The van der Waals surface area contributed by atoms with E-state index in [1.807, 2.05) is 6.07 Å². The predicted molar refractivity (Wildman–Crippen MR) is 71.3 cm³/mol. The molecule has 0 aliphatic carbocycles. The zero-order valence-electron chi connectivity index (χ0n) is 10.5. The highest BCUT2D eigenvalue weighted by molar-refractivity contribution is 5.47. The zero-order valence-corrected chi connectivity index (χ0v) is 10.5. The lowest BCUT2D eigenvalue weighted by atomic mass is 10.1. The van der Waals surface area contributed by atoms with Crippen molar-refractivity contribution in [3.63, 3.8) is 0 Å². The van der Waals surface area contributed by atoms with Crippen molar-refractivity contribution in [2.75, 3.05) is 5.32 Å². The van der Waals surface area contributed by atoms with Crippen molar-refractivity contribution in [3.8, 4) is 5.75 Å². The number of phenolic OH excluding ortho intramolecular Hbond substituents is 1. The van der Waals surface area contributed by atoms with Crippen molar-refractivity contribution >= 4 is 5.69 Å². The fourth-order valence-electron chi connectivity index (χ4n) is 1.73. The van der Waals surface area contributed by atoms with Gasteiger partial charge in [0.15, 0.2) is 11.6 Å². The van der Waals surface area contributed by atoms with Crippen LogP contribution >= 0.6 is 0 Å². The molecule has 0 unspecified atom stereocenters. The summed E-state index contributed by atoms with van der Waals surface area (Å²) in [5, 5.41) is 12.2. The molecule has 94 valence electrons. The van der Waals surface area contributed by atoms with Gasteiger partial charge in [-0.05, 0) is 42.7 Å². The Bertz CT molecular complexity index is 515. The normalized spacial score (nSPS) is 10.4. The average Bonchev–Trinajstić information content (AvgIpc) is 2.35. The van der Waals surface area contributed by atoms with Crippen LogP contribution in [0.2, 0.25) is 0 Å². The molecule has 0 spiro atoms. The summed E-state index contributed by atoms with van der Waals surface area (Å²) in [5.74, 6) is -0.938. The summed E-state index contributed by atoms with van der Waals surface area (Å²) in [6.45, 7) is 4.77. The third kappa shape index (κ3) is 2.80. The molecular formula is C15H16FNO. The second-order valence-corrected chi connectivity index (χ2v) is 4.44. The third-order valence-corrected chi connectivity index (χ3v) is 3.02. The molecule has 0 bridgehead atoms. The standard InChI is InChI=1S/C15H16FNO/c1-10-3-4-12(7-11(10)2)9-17-13-5-6-15(18)14(16)8-13/h3-8,17-18H,9H2,1-2H3. The molecule has 2 N–H and O–H groups in total. The Morgan fingerprint density at radius 1 is 1.06 bits per heavy atom. The van der Waals surface area contributed by atoms with Crippen molar-refractivity contribution in [2.45, 2.75) is 20.4 Å². The Morgan fingerprint density at radius 2 is 1.83 bits per heavy atom. The number of anilines is 1. The summed E-state index contributed by atoms with van der Waals surface area (Å²) in [7, 11) is 0. The Balaban J connectivity index is 2.06. The molecule has 2 aromatic carbocycles. The summed E-state index contributed by atoms with van der Waals surface area (Å²) >= 11 is 0. The molecular weight excluding hydrogens is 229 g/mol. The second-order valence-electron chi connectivity index (χ2n) is 4.44. The summed E-state index contributed by atoms with van der Waals surface area (Å²) in [5.41, 5.74) is 4.30. The van der Waals surface area contributed by atoms with E-state index in [4.69, 9.17) is 5.11 Å². The highest BCUT2D eigenvalue weighted by Crippen LogP contribution is 2.20. The van der Waals surface area contributed by atoms with Crippen LogP contribution < -0.4 is 5.32 Å². The van der Waals surface area contributed by atoms with Gasteiger partial charge in [-0.2, -0.15) is 0 Å². The van der Waals surface area contributed by atoms with Crippen LogP contribution in [0.3, 0.4) is 0 Å². The molecule has 2 rings (SSSR count). The van der Waals surface area contributed by atoms with Crippen LogP contribution in [0.5, 0.6) is 5.75 Å². The molecule has 0 aromatic heterocycles. The van der Waals surface area contributed by atoms with Crippen molar-refractivity contribution in [1.29, 1.82) is 0 Å². The maximum Gasteiger partial charge on any atom is 0.166 e. The summed E-state index contributed by atoms with van der Waals surface area (Å²) in [4.78, 5) is 0. The average molecular weight is 245 g/mol. The first-order chi connectivity index (χ1) is 8.56.